The van der Waals surface area contributed by atoms with Gasteiger partial charge in [0.1, 0.15) is 5.52 Å². The number of ether oxygens (including phenoxy) is 2. The molecular formula is C25H25Cl2N7O5. The van der Waals surface area contributed by atoms with E-state index >= 15 is 0 Å². The predicted molar refractivity (Wildman–Crippen MR) is 146 cm³/mol. The van der Waals surface area contributed by atoms with Gasteiger partial charge < -0.3 is 25.2 Å². The molecule has 0 aromatic carbocycles. The number of anilines is 1. The molecule has 12 nitrogen and oxygen atoms in total. The Balaban J connectivity index is 0.00000176. The number of nitrogens with zero attached hydrogens (tertiary/aromatic N) is 5. The summed E-state index contributed by atoms with van der Waals surface area (Å²) in [5.41, 5.74) is 3.51. The zero-order chi connectivity index (χ0) is 25.5. The number of methoxy groups -OCH3 is 1. The van der Waals surface area contributed by atoms with Gasteiger partial charge in [0.2, 0.25) is 5.88 Å². The van der Waals surface area contributed by atoms with Crippen molar-refractivity contribution in [2.75, 3.05) is 19.0 Å². The minimum atomic E-state index is -0.672. The lowest BCUT2D eigenvalue weighted by molar-refractivity contribution is -0.118. The first-order chi connectivity index (χ1) is 18.0. The standard InChI is InChI=1S/C25H23N7O5.2ClH/c1-36-22-5-3-16-25(31-22)32(23(35)11-28-16)15-6-13-7-19(33)18(8-17(13)27-10-15)26-9-14-2-4-20-24(29-14)30-21(34)12-37-20;;/h2-6,10-11,18-19,26,33H,7-9,12H2,1H3,(H,29,30,34);2*1H/t18-,19+;;/m1../s1. The summed E-state index contributed by atoms with van der Waals surface area (Å²) in [5, 5.41) is 16.9. The van der Waals surface area contributed by atoms with E-state index in [1.165, 1.54) is 17.9 Å². The van der Waals surface area contributed by atoms with Crippen molar-refractivity contribution in [2.24, 2.45) is 0 Å². The lowest BCUT2D eigenvalue weighted by Gasteiger charge is -2.30. The van der Waals surface area contributed by atoms with E-state index in [0.29, 0.717) is 59.4 Å². The van der Waals surface area contributed by atoms with Crippen LogP contribution in [0, 0.1) is 0 Å². The third kappa shape index (κ3) is 5.50. The Labute approximate surface area is 234 Å². The smallest absolute Gasteiger partial charge is 0.275 e. The maximum Gasteiger partial charge on any atom is 0.275 e. The van der Waals surface area contributed by atoms with Crippen LogP contribution in [-0.4, -0.2) is 61.4 Å². The van der Waals surface area contributed by atoms with E-state index in [1.54, 1.807) is 24.4 Å². The van der Waals surface area contributed by atoms with E-state index in [9.17, 15) is 14.7 Å². The number of nitrogens with one attached hydrogen (secondary N) is 2. The van der Waals surface area contributed by atoms with E-state index < -0.39 is 6.10 Å². The predicted octanol–water partition coefficient (Wildman–Crippen LogP) is 1.37. The van der Waals surface area contributed by atoms with Gasteiger partial charge in [-0.3, -0.25) is 19.1 Å². The molecule has 2 aliphatic rings. The number of amides is 1. The number of hydrogen-bond donors (Lipinski definition) is 3. The Morgan fingerprint density at radius 2 is 1.97 bits per heavy atom. The van der Waals surface area contributed by atoms with Crippen molar-refractivity contribution < 1.29 is 19.4 Å². The molecule has 0 radical (unpaired) electrons. The first-order valence-corrected chi connectivity index (χ1v) is 11.7. The van der Waals surface area contributed by atoms with Crippen molar-refractivity contribution in [3.8, 4) is 17.3 Å². The highest BCUT2D eigenvalue weighted by Gasteiger charge is 2.28. The summed E-state index contributed by atoms with van der Waals surface area (Å²) in [5.74, 6) is 1.05. The molecule has 1 aliphatic carbocycles. The molecule has 39 heavy (non-hydrogen) atoms. The van der Waals surface area contributed by atoms with E-state index in [0.717, 1.165) is 11.3 Å². The van der Waals surface area contributed by atoms with Gasteiger partial charge in [0.05, 0.1) is 37.0 Å². The molecule has 1 amide bonds. The number of hydrogen-bond acceptors (Lipinski definition) is 10. The van der Waals surface area contributed by atoms with Crippen molar-refractivity contribution >= 4 is 47.7 Å². The maximum atomic E-state index is 12.7. The topological polar surface area (TPSA) is 153 Å². The minimum absolute atomic E-state index is 0. The van der Waals surface area contributed by atoms with Gasteiger partial charge in [-0.25, -0.2) is 9.97 Å². The van der Waals surface area contributed by atoms with Gasteiger partial charge in [0.15, 0.2) is 23.8 Å². The van der Waals surface area contributed by atoms with Crippen LogP contribution in [0.25, 0.3) is 16.9 Å². The van der Waals surface area contributed by atoms with E-state index in [-0.39, 0.29) is 48.9 Å². The maximum absolute atomic E-state index is 12.7. The molecule has 0 fully saturated rings. The van der Waals surface area contributed by atoms with Gasteiger partial charge in [-0.2, -0.15) is 4.98 Å². The fourth-order valence-electron chi connectivity index (χ4n) is 4.61. The number of aliphatic hydroxyl groups excluding tert-OH is 1. The second-order valence-electron chi connectivity index (χ2n) is 8.88. The minimum Gasteiger partial charge on any atom is -0.481 e. The molecule has 3 N–H and O–H groups in total. The zero-order valence-corrected chi connectivity index (χ0v) is 22.3. The fraction of sp³-hybridized carbons (Fsp3) is 0.280. The Hall–Kier alpha value is -3.84. The SMILES string of the molecule is COc1ccc2ncc(=O)n(-c3cnc4c(c3)C[C@H](O)[C@H](NCc3ccc5c(n3)NC(=O)CO5)C4)c2n1.Cl.Cl. The van der Waals surface area contributed by atoms with Crippen molar-refractivity contribution in [2.45, 2.75) is 31.5 Å². The van der Waals surface area contributed by atoms with Gasteiger partial charge >= 0.3 is 0 Å². The molecule has 0 bridgehead atoms. The Bertz CT molecular complexity index is 1600. The molecule has 0 spiro atoms. The van der Waals surface area contributed by atoms with Gasteiger partial charge in [0.25, 0.3) is 11.5 Å². The molecule has 4 aromatic rings. The van der Waals surface area contributed by atoms with Crippen LogP contribution in [0.5, 0.6) is 11.6 Å². The molecule has 2 atom stereocenters. The molecule has 1 aliphatic heterocycles. The molecule has 0 saturated heterocycles. The number of fused-ring (bicyclic) bond motifs is 3. The number of rotatable bonds is 5. The van der Waals surface area contributed by atoms with Gasteiger partial charge in [-0.1, -0.05) is 0 Å². The number of carbonyl (C=O) groups excluding carboxylic acids is 1. The molecule has 6 rings (SSSR count). The van der Waals surface area contributed by atoms with Gasteiger partial charge in [-0.15, -0.1) is 24.8 Å². The largest absolute Gasteiger partial charge is 0.481 e. The number of halogens is 2. The number of aromatic nitrogens is 5. The first kappa shape index (κ1) is 28.2. The number of aliphatic hydroxyl groups is 1. The molecular weight excluding hydrogens is 549 g/mol. The Kier molecular flexibility index (Phi) is 8.31. The van der Waals surface area contributed by atoms with Crippen molar-refractivity contribution in [3.05, 3.63) is 70.0 Å². The second-order valence-corrected chi connectivity index (χ2v) is 8.88. The van der Waals surface area contributed by atoms with Crippen LogP contribution in [0.2, 0.25) is 0 Å². The molecule has 14 heteroatoms. The van der Waals surface area contributed by atoms with Crippen molar-refractivity contribution in [1.29, 1.82) is 0 Å². The third-order valence-corrected chi connectivity index (χ3v) is 6.47. The number of carbonyl (C=O) groups is 1. The summed E-state index contributed by atoms with van der Waals surface area (Å²) in [4.78, 5) is 41.9. The summed E-state index contributed by atoms with van der Waals surface area (Å²) < 4.78 is 12.0. The van der Waals surface area contributed by atoms with Crippen molar-refractivity contribution in [1.82, 2.24) is 29.8 Å². The lowest BCUT2D eigenvalue weighted by atomic mass is 9.89. The highest BCUT2D eigenvalue weighted by Crippen LogP contribution is 2.26. The number of pyridine rings is 3. The summed E-state index contributed by atoms with van der Waals surface area (Å²) in [6, 6.07) is 8.62. The fourth-order valence-corrected chi connectivity index (χ4v) is 4.61. The Morgan fingerprint density at radius 1 is 1.13 bits per heavy atom. The Morgan fingerprint density at radius 3 is 2.79 bits per heavy atom. The molecule has 0 unspecified atom stereocenters. The molecule has 204 valence electrons. The summed E-state index contributed by atoms with van der Waals surface area (Å²) in [7, 11) is 1.51. The van der Waals surface area contributed by atoms with Crippen LogP contribution in [0.4, 0.5) is 5.82 Å². The summed E-state index contributed by atoms with van der Waals surface area (Å²) in [6.45, 7) is 0.371. The van der Waals surface area contributed by atoms with Crippen LogP contribution in [0.3, 0.4) is 0 Å². The van der Waals surface area contributed by atoms with Gasteiger partial charge in [-0.05, 0) is 29.8 Å². The molecule has 4 aromatic heterocycles. The van der Waals surface area contributed by atoms with Crippen LogP contribution in [0.1, 0.15) is 17.0 Å². The van der Waals surface area contributed by atoms with Crippen LogP contribution in [0.15, 0.2) is 47.5 Å². The molecule has 0 saturated carbocycles. The second kappa shape index (κ2) is 11.5. The van der Waals surface area contributed by atoms with Crippen molar-refractivity contribution in [3.63, 3.8) is 0 Å². The quantitative estimate of drug-likeness (QED) is 0.319. The van der Waals surface area contributed by atoms with E-state index in [1.807, 2.05) is 12.1 Å². The summed E-state index contributed by atoms with van der Waals surface area (Å²) in [6.07, 6.45) is 3.07. The first-order valence-electron chi connectivity index (χ1n) is 11.7. The van der Waals surface area contributed by atoms with E-state index in [2.05, 4.69) is 30.6 Å². The van der Waals surface area contributed by atoms with Gasteiger partial charge in [0, 0.05) is 37.2 Å². The molecule has 5 heterocycles. The highest BCUT2D eigenvalue weighted by molar-refractivity contribution is 5.94. The zero-order valence-electron chi connectivity index (χ0n) is 20.7. The highest BCUT2D eigenvalue weighted by atomic mass is 35.5. The average Bonchev–Trinajstić information content (AvgIpc) is 2.91. The third-order valence-electron chi connectivity index (χ3n) is 6.47. The van der Waals surface area contributed by atoms with Crippen LogP contribution >= 0.6 is 24.8 Å². The van der Waals surface area contributed by atoms with E-state index in [4.69, 9.17) is 9.47 Å². The monoisotopic (exact) mass is 573 g/mol. The lowest BCUT2D eigenvalue weighted by Crippen LogP contribution is -2.45. The van der Waals surface area contributed by atoms with Crippen LogP contribution < -0.4 is 25.7 Å². The normalized spacial score (nSPS) is 17.5. The summed E-state index contributed by atoms with van der Waals surface area (Å²) >= 11 is 0. The average molecular weight is 574 g/mol. The van der Waals surface area contributed by atoms with Crippen LogP contribution in [-0.2, 0) is 24.2 Å².